The van der Waals surface area contributed by atoms with E-state index in [1.54, 1.807) is 48.8 Å². The molecule has 4 nitrogen and oxygen atoms in total. The number of pyridine rings is 1. The van der Waals surface area contributed by atoms with Gasteiger partial charge >= 0.3 is 5.97 Å². The second-order valence-electron chi connectivity index (χ2n) is 4.03. The van der Waals surface area contributed by atoms with Gasteiger partial charge in [0.25, 0.3) is 0 Å². The second kappa shape index (κ2) is 5.91. The number of carbonyl (C=O) groups excluding carboxylic acids is 2. The van der Waals surface area contributed by atoms with E-state index in [-0.39, 0.29) is 18.2 Å². The fraction of sp³-hybridized carbons (Fsp3) is 0.133. The summed E-state index contributed by atoms with van der Waals surface area (Å²) >= 11 is 0. The zero-order valence-electron chi connectivity index (χ0n) is 10.5. The monoisotopic (exact) mass is 255 g/mol. The van der Waals surface area contributed by atoms with E-state index in [4.69, 9.17) is 0 Å². The van der Waals surface area contributed by atoms with Gasteiger partial charge in [-0.3, -0.25) is 9.78 Å². The van der Waals surface area contributed by atoms with E-state index < -0.39 is 0 Å². The molecule has 1 heterocycles. The summed E-state index contributed by atoms with van der Waals surface area (Å²) < 4.78 is 4.61. The van der Waals surface area contributed by atoms with Crippen LogP contribution in [0.2, 0.25) is 0 Å². The van der Waals surface area contributed by atoms with Gasteiger partial charge in [-0.25, -0.2) is 4.79 Å². The van der Waals surface area contributed by atoms with E-state index in [0.29, 0.717) is 11.1 Å². The molecule has 0 atom stereocenters. The Morgan fingerprint density at radius 3 is 2.42 bits per heavy atom. The van der Waals surface area contributed by atoms with Gasteiger partial charge in [0.05, 0.1) is 12.7 Å². The maximum absolute atomic E-state index is 12.0. The summed E-state index contributed by atoms with van der Waals surface area (Å²) in [6, 6.07) is 10.3. The molecular formula is C15H13NO3. The Hall–Kier alpha value is -2.49. The van der Waals surface area contributed by atoms with Crippen LogP contribution in [0.4, 0.5) is 0 Å². The summed E-state index contributed by atoms with van der Waals surface area (Å²) in [5.41, 5.74) is 1.90. The Morgan fingerprint density at radius 1 is 1.11 bits per heavy atom. The first-order valence-electron chi connectivity index (χ1n) is 5.81. The smallest absolute Gasteiger partial charge is 0.337 e. The van der Waals surface area contributed by atoms with Crippen molar-refractivity contribution in [2.45, 2.75) is 6.42 Å². The van der Waals surface area contributed by atoms with E-state index in [9.17, 15) is 9.59 Å². The maximum Gasteiger partial charge on any atom is 0.337 e. The van der Waals surface area contributed by atoms with Crippen LogP contribution < -0.4 is 0 Å². The molecule has 0 aliphatic heterocycles. The summed E-state index contributed by atoms with van der Waals surface area (Å²) in [7, 11) is 1.34. The number of ether oxygens (including phenoxy) is 1. The summed E-state index contributed by atoms with van der Waals surface area (Å²) in [6.45, 7) is 0. The summed E-state index contributed by atoms with van der Waals surface area (Å²) in [5, 5.41) is 0. The number of esters is 1. The predicted octanol–water partition coefficient (Wildman–Crippen LogP) is 2.29. The highest BCUT2D eigenvalue weighted by Crippen LogP contribution is 2.09. The Labute approximate surface area is 111 Å². The highest BCUT2D eigenvalue weighted by Gasteiger charge is 2.08. The average Bonchev–Trinajstić information content (AvgIpc) is 2.48. The molecule has 0 saturated carbocycles. The molecule has 0 fully saturated rings. The molecule has 0 N–H and O–H groups in total. The van der Waals surface area contributed by atoms with Crippen molar-refractivity contribution in [3.8, 4) is 0 Å². The van der Waals surface area contributed by atoms with Crippen LogP contribution in [0, 0.1) is 0 Å². The van der Waals surface area contributed by atoms with Crippen LogP contribution in [0.3, 0.4) is 0 Å². The Morgan fingerprint density at radius 2 is 1.84 bits per heavy atom. The van der Waals surface area contributed by atoms with Gasteiger partial charge in [-0.05, 0) is 29.8 Å². The number of rotatable bonds is 4. The van der Waals surface area contributed by atoms with Crippen molar-refractivity contribution in [2.75, 3.05) is 7.11 Å². The molecule has 0 aliphatic rings. The van der Waals surface area contributed by atoms with Crippen molar-refractivity contribution in [1.82, 2.24) is 4.98 Å². The van der Waals surface area contributed by atoms with Crippen molar-refractivity contribution in [2.24, 2.45) is 0 Å². The van der Waals surface area contributed by atoms with Crippen LogP contribution in [0.25, 0.3) is 0 Å². The third-order valence-electron chi connectivity index (χ3n) is 2.72. The van der Waals surface area contributed by atoms with E-state index in [2.05, 4.69) is 9.72 Å². The number of aromatic nitrogens is 1. The maximum atomic E-state index is 12.0. The van der Waals surface area contributed by atoms with Gasteiger partial charge in [0, 0.05) is 24.4 Å². The van der Waals surface area contributed by atoms with Gasteiger partial charge in [-0.1, -0.05) is 12.1 Å². The standard InChI is InChI=1S/C15H13NO3/c1-19-15(18)12-6-4-11(5-7-12)9-14(17)13-3-2-8-16-10-13/h2-8,10H,9H2,1H3. The first kappa shape index (κ1) is 13.0. The lowest BCUT2D eigenvalue weighted by Crippen LogP contribution is -2.05. The van der Waals surface area contributed by atoms with Gasteiger partial charge < -0.3 is 4.74 Å². The molecule has 2 rings (SSSR count). The molecule has 0 bridgehead atoms. The molecule has 0 unspecified atom stereocenters. The van der Waals surface area contributed by atoms with Crippen molar-refractivity contribution >= 4 is 11.8 Å². The fourth-order valence-corrected chi connectivity index (χ4v) is 1.69. The Balaban J connectivity index is 2.08. The minimum atomic E-state index is -0.384. The van der Waals surface area contributed by atoms with Crippen molar-refractivity contribution in [3.63, 3.8) is 0 Å². The highest BCUT2D eigenvalue weighted by molar-refractivity contribution is 5.97. The highest BCUT2D eigenvalue weighted by atomic mass is 16.5. The fourth-order valence-electron chi connectivity index (χ4n) is 1.69. The van der Waals surface area contributed by atoms with Crippen LogP contribution in [0.1, 0.15) is 26.3 Å². The van der Waals surface area contributed by atoms with Crippen LogP contribution >= 0.6 is 0 Å². The lowest BCUT2D eigenvalue weighted by Gasteiger charge is -2.03. The molecule has 1 aromatic carbocycles. The number of Topliss-reactive ketones (excluding diaryl/α,β-unsaturated/α-hetero) is 1. The molecule has 0 radical (unpaired) electrons. The van der Waals surface area contributed by atoms with Gasteiger partial charge in [-0.15, -0.1) is 0 Å². The SMILES string of the molecule is COC(=O)c1ccc(CC(=O)c2cccnc2)cc1. The summed E-state index contributed by atoms with van der Waals surface area (Å²) in [5.74, 6) is -0.385. The first-order valence-corrected chi connectivity index (χ1v) is 5.81. The molecule has 96 valence electrons. The van der Waals surface area contributed by atoms with Crippen molar-refractivity contribution in [1.29, 1.82) is 0 Å². The molecule has 0 aliphatic carbocycles. The number of hydrogen-bond donors (Lipinski definition) is 0. The summed E-state index contributed by atoms with van der Waals surface area (Å²) in [6.07, 6.45) is 3.46. The van der Waals surface area contributed by atoms with E-state index in [0.717, 1.165) is 5.56 Å². The molecule has 0 amide bonds. The lowest BCUT2D eigenvalue weighted by molar-refractivity contribution is 0.0600. The summed E-state index contributed by atoms with van der Waals surface area (Å²) in [4.78, 5) is 27.1. The van der Waals surface area contributed by atoms with Crippen LogP contribution in [-0.4, -0.2) is 23.8 Å². The van der Waals surface area contributed by atoms with E-state index in [1.807, 2.05) is 0 Å². The third kappa shape index (κ3) is 3.25. The van der Waals surface area contributed by atoms with Gasteiger partial charge in [0.2, 0.25) is 0 Å². The van der Waals surface area contributed by atoms with Crippen LogP contribution in [0.5, 0.6) is 0 Å². The van der Waals surface area contributed by atoms with Gasteiger partial charge in [0.1, 0.15) is 0 Å². The minimum absolute atomic E-state index is 0.00100. The number of carbonyl (C=O) groups is 2. The Bertz CT molecular complexity index is 576. The zero-order valence-corrected chi connectivity index (χ0v) is 10.5. The molecular weight excluding hydrogens is 242 g/mol. The van der Waals surface area contributed by atoms with Crippen molar-refractivity contribution in [3.05, 3.63) is 65.5 Å². The average molecular weight is 255 g/mol. The van der Waals surface area contributed by atoms with E-state index >= 15 is 0 Å². The number of ketones is 1. The lowest BCUT2D eigenvalue weighted by atomic mass is 10.0. The van der Waals surface area contributed by atoms with Gasteiger partial charge in [0.15, 0.2) is 5.78 Å². The number of benzene rings is 1. The number of nitrogens with zero attached hydrogens (tertiary/aromatic N) is 1. The normalized spacial score (nSPS) is 9.95. The number of hydrogen-bond acceptors (Lipinski definition) is 4. The van der Waals surface area contributed by atoms with E-state index in [1.165, 1.54) is 7.11 Å². The first-order chi connectivity index (χ1) is 9.20. The Kier molecular flexibility index (Phi) is 4.03. The third-order valence-corrected chi connectivity index (χ3v) is 2.72. The molecule has 0 spiro atoms. The zero-order chi connectivity index (χ0) is 13.7. The predicted molar refractivity (Wildman–Crippen MR) is 70.1 cm³/mol. The minimum Gasteiger partial charge on any atom is -0.465 e. The largest absolute Gasteiger partial charge is 0.465 e. The second-order valence-corrected chi connectivity index (χ2v) is 4.03. The molecule has 0 saturated heterocycles. The molecule has 1 aromatic heterocycles. The van der Waals surface area contributed by atoms with Crippen LogP contribution in [-0.2, 0) is 11.2 Å². The topological polar surface area (TPSA) is 56.3 Å². The molecule has 2 aromatic rings. The molecule has 4 heteroatoms. The molecule has 19 heavy (non-hydrogen) atoms. The van der Waals surface area contributed by atoms with Crippen molar-refractivity contribution < 1.29 is 14.3 Å². The van der Waals surface area contributed by atoms with Crippen LogP contribution in [0.15, 0.2) is 48.8 Å². The van der Waals surface area contributed by atoms with Gasteiger partial charge in [-0.2, -0.15) is 0 Å². The number of methoxy groups -OCH3 is 1. The quantitative estimate of drug-likeness (QED) is 0.621.